The van der Waals surface area contributed by atoms with Crippen molar-refractivity contribution in [1.29, 1.82) is 0 Å². The SMILES string of the molecule is CCn1ccc(CN2C(=O)[C@H](C)N(C)C2=O)n1. The summed E-state index contributed by atoms with van der Waals surface area (Å²) in [6.07, 6.45) is 1.84. The lowest BCUT2D eigenvalue weighted by Crippen LogP contribution is -2.31. The third-order valence-corrected chi connectivity index (χ3v) is 3.08. The zero-order valence-electron chi connectivity index (χ0n) is 10.3. The van der Waals surface area contributed by atoms with Gasteiger partial charge in [0.15, 0.2) is 0 Å². The summed E-state index contributed by atoms with van der Waals surface area (Å²) in [5.41, 5.74) is 0.732. The number of amides is 3. The molecule has 0 spiro atoms. The number of hydrogen-bond acceptors (Lipinski definition) is 3. The summed E-state index contributed by atoms with van der Waals surface area (Å²) in [7, 11) is 1.63. The Balaban J connectivity index is 2.13. The van der Waals surface area contributed by atoms with E-state index in [2.05, 4.69) is 5.10 Å². The number of rotatable bonds is 3. The Kier molecular flexibility index (Phi) is 2.87. The molecule has 1 fully saturated rings. The molecule has 6 heteroatoms. The number of carbonyl (C=O) groups is 2. The minimum absolute atomic E-state index is 0.163. The van der Waals surface area contributed by atoms with Crippen LogP contribution in [0.3, 0.4) is 0 Å². The number of hydrogen-bond donors (Lipinski definition) is 0. The topological polar surface area (TPSA) is 58.4 Å². The van der Waals surface area contributed by atoms with Crippen LogP contribution in [0, 0.1) is 0 Å². The van der Waals surface area contributed by atoms with Crippen molar-refractivity contribution in [3.05, 3.63) is 18.0 Å². The number of aromatic nitrogens is 2. The highest BCUT2D eigenvalue weighted by atomic mass is 16.2. The molecule has 1 aromatic heterocycles. The summed E-state index contributed by atoms with van der Waals surface area (Å²) < 4.78 is 1.77. The van der Waals surface area contributed by atoms with Crippen molar-refractivity contribution in [3.63, 3.8) is 0 Å². The first kappa shape index (κ1) is 11.6. The van der Waals surface area contributed by atoms with Gasteiger partial charge in [-0.3, -0.25) is 14.4 Å². The molecule has 6 nitrogen and oxygen atoms in total. The van der Waals surface area contributed by atoms with Crippen LogP contribution in [0.2, 0.25) is 0 Å². The molecule has 2 heterocycles. The molecular weight excluding hydrogens is 220 g/mol. The maximum atomic E-state index is 11.8. The second kappa shape index (κ2) is 4.20. The van der Waals surface area contributed by atoms with E-state index in [0.29, 0.717) is 0 Å². The number of aryl methyl sites for hydroxylation is 1. The first-order valence-electron chi connectivity index (χ1n) is 5.65. The molecule has 0 unspecified atom stereocenters. The Morgan fingerprint density at radius 2 is 2.12 bits per heavy atom. The lowest BCUT2D eigenvalue weighted by molar-refractivity contribution is -0.128. The highest BCUT2D eigenvalue weighted by Crippen LogP contribution is 2.17. The number of imide groups is 1. The molecule has 1 aliphatic heterocycles. The van der Waals surface area contributed by atoms with Gasteiger partial charge >= 0.3 is 6.03 Å². The van der Waals surface area contributed by atoms with Crippen molar-refractivity contribution >= 4 is 11.9 Å². The van der Waals surface area contributed by atoms with Crippen molar-refractivity contribution < 1.29 is 9.59 Å². The second-order valence-corrected chi connectivity index (χ2v) is 4.16. The van der Waals surface area contributed by atoms with E-state index in [0.717, 1.165) is 12.2 Å². The molecule has 0 aromatic carbocycles. The third kappa shape index (κ3) is 1.90. The van der Waals surface area contributed by atoms with E-state index >= 15 is 0 Å². The van der Waals surface area contributed by atoms with Crippen LogP contribution >= 0.6 is 0 Å². The van der Waals surface area contributed by atoms with Crippen molar-refractivity contribution in [2.75, 3.05) is 7.05 Å². The van der Waals surface area contributed by atoms with Crippen LogP contribution in [0.15, 0.2) is 12.3 Å². The Morgan fingerprint density at radius 3 is 2.59 bits per heavy atom. The molecular formula is C11H16N4O2. The standard InChI is InChI=1S/C11H16N4O2/c1-4-14-6-5-9(12-14)7-15-10(16)8(2)13(3)11(15)17/h5-6,8H,4,7H2,1-3H3/t8-/m0/s1. The van der Waals surface area contributed by atoms with Gasteiger partial charge in [0.2, 0.25) is 0 Å². The Morgan fingerprint density at radius 1 is 1.41 bits per heavy atom. The van der Waals surface area contributed by atoms with Crippen molar-refractivity contribution in [2.45, 2.75) is 33.0 Å². The van der Waals surface area contributed by atoms with Crippen LogP contribution in [-0.2, 0) is 17.9 Å². The van der Waals surface area contributed by atoms with E-state index in [-0.39, 0.29) is 24.5 Å². The minimum Gasteiger partial charge on any atom is -0.316 e. The van der Waals surface area contributed by atoms with Crippen LogP contribution < -0.4 is 0 Å². The van der Waals surface area contributed by atoms with Gasteiger partial charge in [-0.2, -0.15) is 5.10 Å². The van der Waals surface area contributed by atoms with E-state index in [1.807, 2.05) is 19.2 Å². The average molecular weight is 236 g/mol. The van der Waals surface area contributed by atoms with Gasteiger partial charge in [0.1, 0.15) is 6.04 Å². The second-order valence-electron chi connectivity index (χ2n) is 4.16. The number of likely N-dealkylation sites (N-methyl/N-ethyl adjacent to an activating group) is 1. The maximum Gasteiger partial charge on any atom is 0.327 e. The molecule has 0 aliphatic carbocycles. The summed E-state index contributed by atoms with van der Waals surface area (Å²) in [5.74, 6) is -0.163. The summed E-state index contributed by atoms with van der Waals surface area (Å²) >= 11 is 0. The van der Waals surface area contributed by atoms with Gasteiger partial charge in [-0.1, -0.05) is 0 Å². The van der Waals surface area contributed by atoms with E-state index < -0.39 is 0 Å². The summed E-state index contributed by atoms with van der Waals surface area (Å²) in [6.45, 7) is 4.74. The van der Waals surface area contributed by atoms with Gasteiger partial charge in [0.05, 0.1) is 12.2 Å². The van der Waals surface area contributed by atoms with Crippen LogP contribution in [0.1, 0.15) is 19.5 Å². The molecule has 3 amide bonds. The molecule has 0 bridgehead atoms. The van der Waals surface area contributed by atoms with Crippen LogP contribution in [0.4, 0.5) is 4.79 Å². The van der Waals surface area contributed by atoms with E-state index in [1.165, 1.54) is 9.80 Å². The molecule has 17 heavy (non-hydrogen) atoms. The lowest BCUT2D eigenvalue weighted by Gasteiger charge is -2.12. The zero-order chi connectivity index (χ0) is 12.6. The van der Waals surface area contributed by atoms with Gasteiger partial charge in [0.25, 0.3) is 5.91 Å². The predicted octanol–water partition coefficient (Wildman–Crippen LogP) is 0.685. The Hall–Kier alpha value is -1.85. The van der Waals surface area contributed by atoms with Crippen LogP contribution in [-0.4, -0.2) is 44.6 Å². The fourth-order valence-corrected chi connectivity index (χ4v) is 1.81. The highest BCUT2D eigenvalue weighted by molar-refractivity contribution is 6.03. The number of urea groups is 1. The molecule has 0 saturated carbocycles. The highest BCUT2D eigenvalue weighted by Gasteiger charge is 2.40. The van der Waals surface area contributed by atoms with Crippen molar-refractivity contribution in [3.8, 4) is 0 Å². The summed E-state index contributed by atoms with van der Waals surface area (Å²) in [6, 6.07) is 1.19. The first-order valence-corrected chi connectivity index (χ1v) is 5.65. The minimum atomic E-state index is -0.379. The maximum absolute atomic E-state index is 11.8. The Labute approximate surface area is 99.8 Å². The molecule has 2 rings (SSSR count). The van der Waals surface area contributed by atoms with Crippen LogP contribution in [0.25, 0.3) is 0 Å². The van der Waals surface area contributed by atoms with Gasteiger partial charge in [-0.25, -0.2) is 4.79 Å². The van der Waals surface area contributed by atoms with Crippen molar-refractivity contribution in [2.24, 2.45) is 0 Å². The number of carbonyl (C=O) groups excluding carboxylic acids is 2. The molecule has 1 aliphatic rings. The molecule has 1 saturated heterocycles. The average Bonchev–Trinajstić information content (AvgIpc) is 2.85. The van der Waals surface area contributed by atoms with Gasteiger partial charge in [0, 0.05) is 19.8 Å². The van der Waals surface area contributed by atoms with E-state index in [4.69, 9.17) is 0 Å². The Bertz CT molecular complexity index is 434. The fraction of sp³-hybridized carbons (Fsp3) is 0.545. The van der Waals surface area contributed by atoms with Gasteiger partial charge in [-0.15, -0.1) is 0 Å². The van der Waals surface area contributed by atoms with Crippen molar-refractivity contribution in [1.82, 2.24) is 19.6 Å². The van der Waals surface area contributed by atoms with Gasteiger partial charge in [-0.05, 0) is 19.9 Å². The van der Waals surface area contributed by atoms with Gasteiger partial charge < -0.3 is 4.90 Å². The lowest BCUT2D eigenvalue weighted by atomic mass is 10.3. The fourth-order valence-electron chi connectivity index (χ4n) is 1.81. The predicted molar refractivity (Wildman–Crippen MR) is 61.1 cm³/mol. The smallest absolute Gasteiger partial charge is 0.316 e. The largest absolute Gasteiger partial charge is 0.327 e. The normalized spacial score (nSPS) is 20.5. The van der Waals surface area contributed by atoms with E-state index in [9.17, 15) is 9.59 Å². The molecule has 1 aromatic rings. The molecule has 0 N–H and O–H groups in total. The molecule has 1 atom stereocenters. The van der Waals surface area contributed by atoms with Crippen LogP contribution in [0.5, 0.6) is 0 Å². The number of nitrogens with zero attached hydrogens (tertiary/aromatic N) is 4. The first-order chi connectivity index (χ1) is 8.04. The summed E-state index contributed by atoms with van der Waals surface area (Å²) in [5, 5.41) is 4.26. The summed E-state index contributed by atoms with van der Waals surface area (Å²) in [4.78, 5) is 26.3. The van der Waals surface area contributed by atoms with E-state index in [1.54, 1.807) is 18.7 Å². The third-order valence-electron chi connectivity index (χ3n) is 3.08. The monoisotopic (exact) mass is 236 g/mol. The molecule has 0 radical (unpaired) electrons. The molecule has 92 valence electrons. The zero-order valence-corrected chi connectivity index (χ0v) is 10.3. The quantitative estimate of drug-likeness (QED) is 0.725.